The molecular formula is C23H20FN3O2. The van der Waals surface area contributed by atoms with E-state index in [4.69, 9.17) is 14.5 Å². The maximum Gasteiger partial charge on any atom is 0.154 e. The molecule has 6 heteroatoms. The van der Waals surface area contributed by atoms with E-state index in [9.17, 15) is 4.39 Å². The standard InChI is InChI=1S/C23H20FN3O2/c1-3-29-19-12-13-21-20(14-19)22(15-6-10-18(28-2)11-7-15)26-27-23(25-21)16-4-8-17(24)9-5-16/h4-14H,3H2,1-2H3,(H,25,27). The van der Waals surface area contributed by atoms with E-state index < -0.39 is 0 Å². The van der Waals surface area contributed by atoms with Crippen molar-refractivity contribution in [3.63, 3.8) is 0 Å². The van der Waals surface area contributed by atoms with E-state index in [0.717, 1.165) is 39.6 Å². The summed E-state index contributed by atoms with van der Waals surface area (Å²) >= 11 is 0. The van der Waals surface area contributed by atoms with Gasteiger partial charge in [0.15, 0.2) is 5.84 Å². The zero-order valence-corrected chi connectivity index (χ0v) is 16.1. The Morgan fingerprint density at radius 3 is 2.28 bits per heavy atom. The molecular weight excluding hydrogens is 369 g/mol. The summed E-state index contributed by atoms with van der Waals surface area (Å²) in [5, 5.41) is 4.62. The van der Waals surface area contributed by atoms with Gasteiger partial charge in [-0.3, -0.25) is 5.43 Å². The predicted octanol–water partition coefficient (Wildman–Crippen LogP) is 4.67. The summed E-state index contributed by atoms with van der Waals surface area (Å²) < 4.78 is 24.3. The topological polar surface area (TPSA) is 55.2 Å². The SMILES string of the molecule is CCOc1ccc2c(c1)C(c1ccc(OC)cc1)=NNC(c1ccc(F)cc1)=N2. The predicted molar refractivity (Wildman–Crippen MR) is 112 cm³/mol. The summed E-state index contributed by atoms with van der Waals surface area (Å²) in [5.74, 6) is 1.75. The summed E-state index contributed by atoms with van der Waals surface area (Å²) in [4.78, 5) is 4.74. The first-order valence-corrected chi connectivity index (χ1v) is 9.28. The zero-order chi connectivity index (χ0) is 20.2. The lowest BCUT2D eigenvalue weighted by atomic mass is 10.0. The molecule has 0 bridgehead atoms. The highest BCUT2D eigenvalue weighted by Crippen LogP contribution is 2.30. The van der Waals surface area contributed by atoms with Crippen molar-refractivity contribution in [2.24, 2.45) is 10.1 Å². The number of amidine groups is 1. The summed E-state index contributed by atoms with van der Waals surface area (Å²) in [7, 11) is 1.63. The Morgan fingerprint density at radius 2 is 1.59 bits per heavy atom. The second-order valence-electron chi connectivity index (χ2n) is 6.38. The Labute approximate surface area is 168 Å². The lowest BCUT2D eigenvalue weighted by molar-refractivity contribution is 0.340. The third-order valence-electron chi connectivity index (χ3n) is 4.52. The van der Waals surface area contributed by atoms with Crippen molar-refractivity contribution in [3.8, 4) is 11.5 Å². The number of aliphatic imine (C=N–C) groups is 1. The molecule has 0 saturated carbocycles. The van der Waals surface area contributed by atoms with Crippen LogP contribution in [0.2, 0.25) is 0 Å². The molecule has 0 radical (unpaired) electrons. The fourth-order valence-electron chi connectivity index (χ4n) is 3.08. The highest BCUT2D eigenvalue weighted by atomic mass is 19.1. The van der Waals surface area contributed by atoms with Gasteiger partial charge >= 0.3 is 0 Å². The number of nitrogens with one attached hydrogen (secondary N) is 1. The van der Waals surface area contributed by atoms with Crippen molar-refractivity contribution in [1.29, 1.82) is 0 Å². The van der Waals surface area contributed by atoms with E-state index >= 15 is 0 Å². The number of rotatable bonds is 5. The molecule has 29 heavy (non-hydrogen) atoms. The van der Waals surface area contributed by atoms with Crippen LogP contribution in [-0.4, -0.2) is 25.3 Å². The lowest BCUT2D eigenvalue weighted by Crippen LogP contribution is -2.19. The number of ether oxygens (including phenoxy) is 2. The normalized spacial score (nSPS) is 12.8. The van der Waals surface area contributed by atoms with E-state index in [0.29, 0.717) is 12.4 Å². The van der Waals surface area contributed by atoms with E-state index in [1.807, 2.05) is 49.4 Å². The first-order chi connectivity index (χ1) is 14.2. The van der Waals surface area contributed by atoms with Crippen LogP contribution < -0.4 is 14.9 Å². The van der Waals surface area contributed by atoms with Gasteiger partial charge in [-0.2, -0.15) is 5.10 Å². The largest absolute Gasteiger partial charge is 0.497 e. The minimum absolute atomic E-state index is 0.299. The molecule has 4 rings (SSSR count). The number of benzene rings is 3. The summed E-state index contributed by atoms with van der Waals surface area (Å²) in [5.41, 5.74) is 6.99. The van der Waals surface area contributed by atoms with Gasteiger partial charge in [0.1, 0.15) is 23.0 Å². The second-order valence-corrected chi connectivity index (χ2v) is 6.38. The van der Waals surface area contributed by atoms with Crippen LogP contribution in [-0.2, 0) is 0 Å². The van der Waals surface area contributed by atoms with Crippen molar-refractivity contribution in [2.75, 3.05) is 13.7 Å². The molecule has 0 spiro atoms. The fraction of sp³-hybridized carbons (Fsp3) is 0.130. The maximum atomic E-state index is 13.3. The molecule has 1 aliphatic heterocycles. The molecule has 3 aromatic carbocycles. The van der Waals surface area contributed by atoms with Gasteiger partial charge in [-0.25, -0.2) is 9.38 Å². The molecule has 0 fully saturated rings. The van der Waals surface area contributed by atoms with Crippen LogP contribution in [0.5, 0.6) is 11.5 Å². The van der Waals surface area contributed by atoms with Gasteiger partial charge in [0.25, 0.3) is 0 Å². The molecule has 0 amide bonds. The third kappa shape index (κ3) is 3.96. The molecule has 1 heterocycles. The van der Waals surface area contributed by atoms with E-state index in [2.05, 4.69) is 10.5 Å². The Kier molecular flexibility index (Phi) is 5.24. The molecule has 0 aromatic heterocycles. The average molecular weight is 389 g/mol. The smallest absolute Gasteiger partial charge is 0.154 e. The van der Waals surface area contributed by atoms with Crippen molar-refractivity contribution in [2.45, 2.75) is 6.92 Å². The minimum atomic E-state index is -0.299. The number of fused-ring (bicyclic) bond motifs is 1. The number of hydrogen-bond acceptors (Lipinski definition) is 5. The number of nitrogens with zero attached hydrogens (tertiary/aromatic N) is 2. The summed E-state index contributed by atoms with van der Waals surface area (Å²) in [6.07, 6.45) is 0. The first-order valence-electron chi connectivity index (χ1n) is 9.28. The van der Waals surface area contributed by atoms with Crippen molar-refractivity contribution in [3.05, 3.63) is 89.2 Å². The van der Waals surface area contributed by atoms with Gasteiger partial charge in [0, 0.05) is 16.7 Å². The van der Waals surface area contributed by atoms with E-state index in [1.54, 1.807) is 19.2 Å². The van der Waals surface area contributed by atoms with Gasteiger partial charge in [-0.05, 0) is 73.7 Å². The van der Waals surface area contributed by atoms with E-state index in [-0.39, 0.29) is 5.82 Å². The van der Waals surface area contributed by atoms with Crippen molar-refractivity contribution < 1.29 is 13.9 Å². The highest BCUT2D eigenvalue weighted by Gasteiger charge is 2.18. The van der Waals surface area contributed by atoms with Gasteiger partial charge in [-0.1, -0.05) is 0 Å². The molecule has 0 atom stereocenters. The maximum absolute atomic E-state index is 13.3. The monoisotopic (exact) mass is 389 g/mol. The summed E-state index contributed by atoms with van der Waals surface area (Å²) in [6, 6.07) is 19.5. The van der Waals surface area contributed by atoms with Gasteiger partial charge in [0.2, 0.25) is 0 Å². The molecule has 0 saturated heterocycles. The lowest BCUT2D eigenvalue weighted by Gasteiger charge is -2.11. The number of hydrogen-bond donors (Lipinski definition) is 1. The second kappa shape index (κ2) is 8.14. The molecule has 3 aromatic rings. The fourth-order valence-corrected chi connectivity index (χ4v) is 3.08. The van der Waals surface area contributed by atoms with Crippen LogP contribution in [0.25, 0.3) is 0 Å². The molecule has 146 valence electrons. The van der Waals surface area contributed by atoms with Gasteiger partial charge in [0.05, 0.1) is 19.4 Å². The average Bonchev–Trinajstić information content (AvgIpc) is 2.94. The number of hydrazone groups is 1. The Bertz CT molecular complexity index is 1070. The molecule has 1 N–H and O–H groups in total. The van der Waals surface area contributed by atoms with Crippen LogP contribution in [0.4, 0.5) is 10.1 Å². The van der Waals surface area contributed by atoms with Crippen molar-refractivity contribution >= 4 is 17.2 Å². The van der Waals surface area contributed by atoms with Crippen LogP contribution in [0.3, 0.4) is 0 Å². The van der Waals surface area contributed by atoms with Crippen LogP contribution in [0.1, 0.15) is 23.6 Å². The minimum Gasteiger partial charge on any atom is -0.497 e. The van der Waals surface area contributed by atoms with Gasteiger partial charge < -0.3 is 9.47 Å². The third-order valence-corrected chi connectivity index (χ3v) is 4.52. The first kappa shape index (κ1) is 18.7. The van der Waals surface area contributed by atoms with Crippen molar-refractivity contribution in [1.82, 2.24) is 5.43 Å². The number of methoxy groups -OCH3 is 1. The molecule has 5 nitrogen and oxygen atoms in total. The van der Waals surface area contributed by atoms with Gasteiger partial charge in [-0.15, -0.1) is 0 Å². The quantitative estimate of drug-likeness (QED) is 0.690. The summed E-state index contributed by atoms with van der Waals surface area (Å²) in [6.45, 7) is 2.51. The molecule has 1 aliphatic rings. The van der Waals surface area contributed by atoms with Crippen LogP contribution >= 0.6 is 0 Å². The van der Waals surface area contributed by atoms with Crippen LogP contribution in [0.15, 0.2) is 76.8 Å². The Morgan fingerprint density at radius 1 is 0.897 bits per heavy atom. The highest BCUT2D eigenvalue weighted by molar-refractivity contribution is 6.18. The van der Waals surface area contributed by atoms with Crippen LogP contribution in [0, 0.1) is 5.82 Å². The van der Waals surface area contributed by atoms with E-state index in [1.165, 1.54) is 12.1 Å². The Balaban J connectivity index is 1.83. The molecule has 0 unspecified atom stereocenters. The number of halogens is 1. The molecule has 0 aliphatic carbocycles. The Hall–Kier alpha value is -3.67. The zero-order valence-electron chi connectivity index (χ0n) is 16.1.